The van der Waals surface area contributed by atoms with Gasteiger partial charge in [0.2, 0.25) is 12.3 Å². The van der Waals surface area contributed by atoms with Crippen molar-refractivity contribution in [2.75, 3.05) is 12.4 Å². The third-order valence-electron chi connectivity index (χ3n) is 2.94. The Morgan fingerprint density at radius 2 is 2.08 bits per heavy atom. The molecule has 0 spiro atoms. The number of pyridine rings is 1. The summed E-state index contributed by atoms with van der Waals surface area (Å²) >= 11 is 0. The number of carbonyl (C=O) groups excluding carboxylic acids is 1. The molecular weight excluding hydrogens is 308 g/mol. The molecule has 24 heavy (non-hydrogen) atoms. The van der Waals surface area contributed by atoms with Crippen LogP contribution in [0.25, 0.3) is 0 Å². The van der Waals surface area contributed by atoms with Crippen LogP contribution in [0.5, 0.6) is 5.88 Å². The van der Waals surface area contributed by atoms with Crippen LogP contribution in [-0.4, -0.2) is 18.4 Å². The first kappa shape index (κ1) is 18.9. The molecule has 126 valence electrons. The summed E-state index contributed by atoms with van der Waals surface area (Å²) in [6.07, 6.45) is 0.444. The number of nitrogens with zero attached hydrogens (tertiary/aromatic N) is 2. The van der Waals surface area contributed by atoms with Crippen molar-refractivity contribution in [1.82, 2.24) is 15.9 Å². The fourth-order valence-electron chi connectivity index (χ4n) is 1.86. The smallest absolute Gasteiger partial charge is 0.222 e. The van der Waals surface area contributed by atoms with Gasteiger partial charge in [0.1, 0.15) is 6.61 Å². The number of hydrazine groups is 2. The van der Waals surface area contributed by atoms with Crippen molar-refractivity contribution in [1.29, 1.82) is 5.26 Å². The van der Waals surface area contributed by atoms with E-state index >= 15 is 0 Å². The molecule has 1 heterocycles. The molecule has 0 aliphatic heterocycles. The first-order valence-corrected chi connectivity index (χ1v) is 7.07. The summed E-state index contributed by atoms with van der Waals surface area (Å²) in [6, 6.07) is 13.3. The molecule has 0 saturated heterocycles. The number of nitrogens with one attached hydrogen (secondary N) is 3. The quantitative estimate of drug-likeness (QED) is 0.354. The number of amides is 1. The van der Waals surface area contributed by atoms with Gasteiger partial charge in [-0.1, -0.05) is 12.1 Å². The maximum atomic E-state index is 9.15. The van der Waals surface area contributed by atoms with Crippen molar-refractivity contribution < 1.29 is 9.53 Å². The SMILES string of the molecule is CNc1cccc(C#N)c1COc1cccc(C)n1.NNNC=O. The zero-order valence-electron chi connectivity index (χ0n) is 13.5. The van der Waals surface area contributed by atoms with Gasteiger partial charge in [-0.05, 0) is 25.1 Å². The largest absolute Gasteiger partial charge is 0.473 e. The van der Waals surface area contributed by atoms with Crippen LogP contribution >= 0.6 is 0 Å². The van der Waals surface area contributed by atoms with Gasteiger partial charge in [0.15, 0.2) is 0 Å². The van der Waals surface area contributed by atoms with Gasteiger partial charge in [0, 0.05) is 30.1 Å². The summed E-state index contributed by atoms with van der Waals surface area (Å²) < 4.78 is 5.66. The molecule has 0 atom stereocenters. The zero-order chi connectivity index (χ0) is 17.8. The van der Waals surface area contributed by atoms with Gasteiger partial charge in [-0.2, -0.15) is 10.8 Å². The van der Waals surface area contributed by atoms with Crippen LogP contribution in [0.2, 0.25) is 0 Å². The molecule has 0 unspecified atom stereocenters. The van der Waals surface area contributed by atoms with Crippen LogP contribution in [0.4, 0.5) is 5.69 Å². The highest BCUT2D eigenvalue weighted by Gasteiger charge is 2.08. The second kappa shape index (κ2) is 10.6. The predicted molar refractivity (Wildman–Crippen MR) is 90.5 cm³/mol. The molecule has 0 radical (unpaired) electrons. The summed E-state index contributed by atoms with van der Waals surface area (Å²) in [6.45, 7) is 2.23. The van der Waals surface area contributed by atoms with E-state index < -0.39 is 0 Å². The lowest BCUT2D eigenvalue weighted by Crippen LogP contribution is -2.36. The highest BCUT2D eigenvalue weighted by atomic mass is 16.5. The van der Waals surface area contributed by atoms with Crippen molar-refractivity contribution in [2.24, 2.45) is 5.84 Å². The predicted octanol–water partition coefficient (Wildman–Crippen LogP) is 0.993. The lowest BCUT2D eigenvalue weighted by molar-refractivity contribution is -0.110. The number of hydrogen-bond acceptors (Lipinski definition) is 7. The van der Waals surface area contributed by atoms with Crippen LogP contribution in [0.3, 0.4) is 0 Å². The number of ether oxygens (including phenoxy) is 1. The Morgan fingerprint density at radius 3 is 2.62 bits per heavy atom. The average Bonchev–Trinajstić information content (AvgIpc) is 2.61. The van der Waals surface area contributed by atoms with E-state index in [0.717, 1.165) is 16.9 Å². The molecule has 0 fully saturated rings. The second-order valence-corrected chi connectivity index (χ2v) is 4.51. The Bertz CT molecular complexity index is 699. The summed E-state index contributed by atoms with van der Waals surface area (Å²) in [4.78, 5) is 13.4. The molecular formula is C16H20N6O2. The first-order valence-electron chi connectivity index (χ1n) is 7.07. The monoisotopic (exact) mass is 328 g/mol. The fourth-order valence-corrected chi connectivity index (χ4v) is 1.86. The summed E-state index contributed by atoms with van der Waals surface area (Å²) in [5.41, 5.74) is 7.11. The Kier molecular flexibility index (Phi) is 8.31. The molecule has 1 amide bonds. The van der Waals surface area contributed by atoms with E-state index in [4.69, 9.17) is 14.8 Å². The van der Waals surface area contributed by atoms with Gasteiger partial charge in [-0.3, -0.25) is 16.1 Å². The van der Waals surface area contributed by atoms with Crippen LogP contribution in [0.15, 0.2) is 36.4 Å². The normalized spacial score (nSPS) is 9.08. The number of benzene rings is 1. The van der Waals surface area contributed by atoms with Gasteiger partial charge >= 0.3 is 0 Å². The molecule has 1 aromatic heterocycles. The summed E-state index contributed by atoms with van der Waals surface area (Å²) in [5, 5.41) is 12.2. The third kappa shape index (κ3) is 5.92. The van der Waals surface area contributed by atoms with Crippen molar-refractivity contribution in [2.45, 2.75) is 13.5 Å². The number of carbonyl (C=O) groups is 1. The van der Waals surface area contributed by atoms with E-state index in [1.807, 2.05) is 49.2 Å². The second-order valence-electron chi connectivity index (χ2n) is 4.51. The third-order valence-corrected chi connectivity index (χ3v) is 2.94. The number of nitrogens with two attached hydrogens (primary N) is 1. The summed E-state index contributed by atoms with van der Waals surface area (Å²) in [5.74, 6) is 5.11. The van der Waals surface area contributed by atoms with Gasteiger partial charge < -0.3 is 10.1 Å². The van der Waals surface area contributed by atoms with Gasteiger partial charge in [-0.25, -0.2) is 4.98 Å². The maximum absolute atomic E-state index is 9.15. The molecule has 8 nitrogen and oxygen atoms in total. The molecule has 1 aromatic carbocycles. The Hall–Kier alpha value is -3.15. The van der Waals surface area contributed by atoms with E-state index in [9.17, 15) is 0 Å². The minimum atomic E-state index is 0.316. The van der Waals surface area contributed by atoms with Crippen LogP contribution in [0, 0.1) is 18.3 Å². The highest BCUT2D eigenvalue weighted by molar-refractivity contribution is 5.57. The summed E-state index contributed by atoms with van der Waals surface area (Å²) in [7, 11) is 1.82. The maximum Gasteiger partial charge on any atom is 0.222 e. The van der Waals surface area contributed by atoms with E-state index in [1.165, 1.54) is 0 Å². The van der Waals surface area contributed by atoms with Gasteiger partial charge in [0.25, 0.3) is 0 Å². The lowest BCUT2D eigenvalue weighted by atomic mass is 10.1. The number of rotatable bonds is 6. The molecule has 5 N–H and O–H groups in total. The fraction of sp³-hybridized carbons (Fsp3) is 0.188. The van der Waals surface area contributed by atoms with E-state index in [0.29, 0.717) is 24.5 Å². The molecule has 2 aromatic rings. The Morgan fingerprint density at radius 1 is 1.33 bits per heavy atom. The van der Waals surface area contributed by atoms with Crippen molar-refractivity contribution in [3.8, 4) is 11.9 Å². The molecule has 0 aliphatic carbocycles. The minimum absolute atomic E-state index is 0.316. The number of anilines is 1. The van der Waals surface area contributed by atoms with Crippen molar-refractivity contribution in [3.63, 3.8) is 0 Å². The number of aromatic nitrogens is 1. The Labute approximate surface area is 140 Å². The van der Waals surface area contributed by atoms with Crippen molar-refractivity contribution >= 4 is 12.1 Å². The lowest BCUT2D eigenvalue weighted by Gasteiger charge is -2.12. The average molecular weight is 328 g/mol. The molecule has 0 bridgehead atoms. The van der Waals surface area contributed by atoms with E-state index in [-0.39, 0.29) is 0 Å². The topological polar surface area (TPSA) is 125 Å². The standard InChI is InChI=1S/C15H15N3O.CH5N3O/c1-11-5-3-8-15(18-11)19-10-13-12(9-16)6-4-7-14(13)17-2;2-4-3-1-5/h3-8,17H,10H2,1-2H3;1,4H,2H2,(H,3,5). The van der Waals surface area contributed by atoms with Crippen molar-refractivity contribution in [3.05, 3.63) is 53.2 Å². The Balaban J connectivity index is 0.000000505. The number of aryl methyl sites for hydroxylation is 1. The van der Waals surface area contributed by atoms with Crippen LogP contribution < -0.4 is 26.9 Å². The van der Waals surface area contributed by atoms with Gasteiger partial charge in [0.05, 0.1) is 11.6 Å². The van der Waals surface area contributed by atoms with Crippen LogP contribution in [-0.2, 0) is 11.4 Å². The number of hydrogen-bond donors (Lipinski definition) is 4. The molecule has 8 heteroatoms. The molecule has 0 aliphatic rings. The highest BCUT2D eigenvalue weighted by Crippen LogP contribution is 2.21. The molecule has 0 saturated carbocycles. The minimum Gasteiger partial charge on any atom is -0.473 e. The molecule has 2 rings (SSSR count). The first-order chi connectivity index (χ1) is 11.7. The zero-order valence-corrected chi connectivity index (χ0v) is 13.5. The van der Waals surface area contributed by atoms with Crippen LogP contribution in [0.1, 0.15) is 16.8 Å². The van der Waals surface area contributed by atoms with E-state index in [1.54, 1.807) is 12.1 Å². The van der Waals surface area contributed by atoms with Gasteiger partial charge in [-0.15, -0.1) is 0 Å². The van der Waals surface area contributed by atoms with E-state index in [2.05, 4.69) is 22.2 Å². The number of nitriles is 1.